The average Bonchev–Trinajstić information content (AvgIpc) is 2.95. The van der Waals surface area contributed by atoms with Crippen LogP contribution in [-0.4, -0.2) is 33.6 Å². The topological polar surface area (TPSA) is 111 Å². The highest BCUT2D eigenvalue weighted by Gasteiger charge is 2.23. The van der Waals surface area contributed by atoms with Crippen molar-refractivity contribution in [3.63, 3.8) is 0 Å². The van der Waals surface area contributed by atoms with Crippen molar-refractivity contribution in [2.45, 2.75) is 86.0 Å². The summed E-state index contributed by atoms with van der Waals surface area (Å²) in [5, 5.41) is 27.7. The van der Waals surface area contributed by atoms with Gasteiger partial charge < -0.3 is 10.0 Å². The number of aromatic hydroxyl groups is 1. The summed E-state index contributed by atoms with van der Waals surface area (Å²) in [6, 6.07) is 8.84. The van der Waals surface area contributed by atoms with E-state index < -0.39 is 11.4 Å². The van der Waals surface area contributed by atoms with Gasteiger partial charge in [0.1, 0.15) is 11.6 Å². The second-order valence-electron chi connectivity index (χ2n) is 10.4. The maximum absolute atomic E-state index is 13.7. The van der Waals surface area contributed by atoms with E-state index in [1.54, 1.807) is 31.2 Å². The van der Waals surface area contributed by atoms with Gasteiger partial charge in [-0.05, 0) is 55.9 Å². The number of hydrogen-bond acceptors (Lipinski definition) is 6. The molecule has 212 valence electrons. The third-order valence-electron chi connectivity index (χ3n) is 7.60. The van der Waals surface area contributed by atoms with Crippen molar-refractivity contribution in [2.75, 3.05) is 13.1 Å². The third kappa shape index (κ3) is 8.51. The molecule has 2 rings (SSSR count). The SMILES string of the molecule is CCCCC(CC)CN(CC(CC)CCCC)C(=O)c1ccc(N=Nc2c(C)c(C#N)c(O)n(C)c2=O)cc1. The Balaban J connectivity index is 2.30. The normalized spacial score (nSPS) is 12.8. The zero-order valence-corrected chi connectivity index (χ0v) is 24.5. The summed E-state index contributed by atoms with van der Waals surface area (Å²) >= 11 is 0. The van der Waals surface area contributed by atoms with Crippen LogP contribution in [0.2, 0.25) is 0 Å². The summed E-state index contributed by atoms with van der Waals surface area (Å²) in [5.41, 5.74) is 0.793. The number of unbranched alkanes of at least 4 members (excludes halogenated alkanes) is 2. The van der Waals surface area contributed by atoms with Crippen LogP contribution in [0.15, 0.2) is 39.3 Å². The van der Waals surface area contributed by atoms with Gasteiger partial charge in [0.2, 0.25) is 5.88 Å². The highest BCUT2D eigenvalue weighted by molar-refractivity contribution is 5.94. The largest absolute Gasteiger partial charge is 0.493 e. The second-order valence-corrected chi connectivity index (χ2v) is 10.4. The van der Waals surface area contributed by atoms with E-state index in [1.807, 2.05) is 6.07 Å². The third-order valence-corrected chi connectivity index (χ3v) is 7.60. The van der Waals surface area contributed by atoms with Gasteiger partial charge in [0, 0.05) is 31.3 Å². The molecule has 0 spiro atoms. The lowest BCUT2D eigenvalue weighted by molar-refractivity contribution is 0.0685. The number of carbonyl (C=O) groups excluding carboxylic acids is 1. The van der Waals surface area contributed by atoms with Crippen molar-refractivity contribution in [3.05, 3.63) is 51.3 Å². The van der Waals surface area contributed by atoms with Gasteiger partial charge in [-0.3, -0.25) is 14.2 Å². The van der Waals surface area contributed by atoms with Crippen LogP contribution in [0.3, 0.4) is 0 Å². The number of hydrogen-bond donors (Lipinski definition) is 1. The molecule has 0 bridgehead atoms. The number of amides is 1. The predicted octanol–water partition coefficient (Wildman–Crippen LogP) is 7.56. The molecular weight excluding hydrogens is 490 g/mol. The molecule has 0 fully saturated rings. The first-order valence-electron chi connectivity index (χ1n) is 14.4. The number of nitrogens with zero attached hydrogens (tertiary/aromatic N) is 5. The molecule has 0 aliphatic heterocycles. The van der Waals surface area contributed by atoms with Crippen molar-refractivity contribution in [1.82, 2.24) is 9.47 Å². The summed E-state index contributed by atoms with van der Waals surface area (Å²) in [6.07, 6.45) is 9.03. The molecule has 2 atom stereocenters. The van der Waals surface area contributed by atoms with Crippen LogP contribution >= 0.6 is 0 Å². The summed E-state index contributed by atoms with van der Waals surface area (Å²) in [7, 11) is 1.37. The van der Waals surface area contributed by atoms with E-state index in [2.05, 4.69) is 42.8 Å². The van der Waals surface area contributed by atoms with Crippen LogP contribution in [0.1, 0.15) is 101 Å². The minimum absolute atomic E-state index is 0.00597. The fourth-order valence-electron chi connectivity index (χ4n) is 4.78. The predicted molar refractivity (Wildman–Crippen MR) is 156 cm³/mol. The number of pyridine rings is 1. The van der Waals surface area contributed by atoms with E-state index in [4.69, 9.17) is 0 Å². The van der Waals surface area contributed by atoms with Crippen LogP contribution in [0.4, 0.5) is 11.4 Å². The molecule has 1 aromatic heterocycles. The summed E-state index contributed by atoms with van der Waals surface area (Å²) in [5.74, 6) is 0.608. The molecule has 2 aromatic rings. The van der Waals surface area contributed by atoms with Gasteiger partial charge in [-0.25, -0.2) is 0 Å². The fraction of sp³-hybridized carbons (Fsp3) is 0.581. The molecule has 1 N–H and O–H groups in total. The van der Waals surface area contributed by atoms with Gasteiger partial charge >= 0.3 is 0 Å². The van der Waals surface area contributed by atoms with Crippen molar-refractivity contribution in [3.8, 4) is 11.9 Å². The number of rotatable bonds is 15. The van der Waals surface area contributed by atoms with Crippen LogP contribution in [0, 0.1) is 30.1 Å². The number of carbonyl (C=O) groups is 1. The zero-order chi connectivity index (χ0) is 28.9. The highest BCUT2D eigenvalue weighted by Crippen LogP contribution is 2.27. The molecule has 0 aliphatic carbocycles. The second kappa shape index (κ2) is 15.8. The van der Waals surface area contributed by atoms with E-state index >= 15 is 0 Å². The van der Waals surface area contributed by atoms with Crippen molar-refractivity contribution >= 4 is 17.3 Å². The van der Waals surface area contributed by atoms with Crippen LogP contribution in [0.25, 0.3) is 0 Å². The average molecular weight is 536 g/mol. The maximum atomic E-state index is 13.7. The van der Waals surface area contributed by atoms with Crippen molar-refractivity contribution < 1.29 is 9.90 Å². The Morgan fingerprint density at radius 2 is 1.54 bits per heavy atom. The minimum Gasteiger partial charge on any atom is -0.493 e. The molecular formula is C31H45N5O3. The van der Waals surface area contributed by atoms with E-state index in [1.165, 1.54) is 19.9 Å². The number of aromatic nitrogens is 1. The van der Waals surface area contributed by atoms with Gasteiger partial charge in [0.05, 0.1) is 5.69 Å². The first-order chi connectivity index (χ1) is 18.7. The van der Waals surface area contributed by atoms with Gasteiger partial charge in [-0.15, -0.1) is 5.11 Å². The fourth-order valence-corrected chi connectivity index (χ4v) is 4.78. The molecule has 1 aromatic carbocycles. The lowest BCUT2D eigenvalue weighted by atomic mass is 9.95. The van der Waals surface area contributed by atoms with E-state index in [0.29, 0.717) is 23.1 Å². The lowest BCUT2D eigenvalue weighted by Crippen LogP contribution is -2.39. The molecule has 8 nitrogen and oxygen atoms in total. The Bertz CT molecular complexity index is 1190. The zero-order valence-electron chi connectivity index (χ0n) is 24.5. The summed E-state index contributed by atoms with van der Waals surface area (Å²) in [6.45, 7) is 11.9. The van der Waals surface area contributed by atoms with Gasteiger partial charge in [0.15, 0.2) is 5.69 Å². The van der Waals surface area contributed by atoms with E-state index in [0.717, 1.165) is 56.2 Å². The molecule has 0 saturated heterocycles. The first kappa shape index (κ1) is 31.7. The Morgan fingerprint density at radius 3 is 2.00 bits per heavy atom. The molecule has 39 heavy (non-hydrogen) atoms. The Morgan fingerprint density at radius 1 is 1.00 bits per heavy atom. The molecule has 0 aliphatic rings. The number of nitriles is 1. The number of azo groups is 1. The van der Waals surface area contributed by atoms with Crippen LogP contribution in [0.5, 0.6) is 5.88 Å². The van der Waals surface area contributed by atoms with Gasteiger partial charge in [-0.1, -0.05) is 66.2 Å². The molecule has 0 saturated carbocycles. The molecule has 2 unspecified atom stereocenters. The van der Waals surface area contributed by atoms with Gasteiger partial charge in [0.25, 0.3) is 11.5 Å². The monoisotopic (exact) mass is 535 g/mol. The highest BCUT2D eigenvalue weighted by atomic mass is 16.3. The minimum atomic E-state index is -0.544. The Labute approximate surface area is 233 Å². The van der Waals surface area contributed by atoms with E-state index in [9.17, 15) is 20.0 Å². The standard InChI is InChI=1S/C31H45N5O3/c1-7-11-13-23(9-3)20-36(21-24(10-4)14-12-8-2)29(37)25-15-17-26(18-16-25)33-34-28-22(5)27(19-32)30(38)35(6)31(28)39/h15-18,23-24,38H,7-14,20-21H2,1-6H3. The van der Waals surface area contributed by atoms with Crippen LogP contribution < -0.4 is 5.56 Å². The van der Waals surface area contributed by atoms with Crippen molar-refractivity contribution in [1.29, 1.82) is 5.26 Å². The molecule has 1 amide bonds. The first-order valence-corrected chi connectivity index (χ1v) is 14.4. The summed E-state index contributed by atoms with van der Waals surface area (Å²) < 4.78 is 0.977. The lowest BCUT2D eigenvalue weighted by Gasteiger charge is -2.31. The maximum Gasteiger partial charge on any atom is 0.281 e. The number of benzene rings is 1. The summed E-state index contributed by atoms with van der Waals surface area (Å²) in [4.78, 5) is 28.3. The quantitative estimate of drug-likeness (QED) is 0.237. The smallest absolute Gasteiger partial charge is 0.281 e. The van der Waals surface area contributed by atoms with Gasteiger partial charge in [-0.2, -0.15) is 10.4 Å². The Kier molecular flexibility index (Phi) is 12.9. The van der Waals surface area contributed by atoms with Crippen LogP contribution in [-0.2, 0) is 7.05 Å². The molecule has 1 heterocycles. The molecule has 0 radical (unpaired) electrons. The molecule has 8 heteroatoms. The Hall–Kier alpha value is -3.47. The van der Waals surface area contributed by atoms with Crippen molar-refractivity contribution in [2.24, 2.45) is 29.1 Å². The van der Waals surface area contributed by atoms with E-state index in [-0.39, 0.29) is 22.7 Å².